The van der Waals surface area contributed by atoms with Crippen molar-refractivity contribution >= 4 is 40.3 Å². The van der Waals surface area contributed by atoms with Gasteiger partial charge in [-0.1, -0.05) is 29.8 Å². The van der Waals surface area contributed by atoms with E-state index in [-0.39, 0.29) is 12.5 Å². The molecule has 2 aromatic carbocycles. The monoisotopic (exact) mass is 340 g/mol. The molecule has 3 rings (SSSR count). The zero-order valence-corrected chi connectivity index (χ0v) is 13.9. The van der Waals surface area contributed by atoms with Crippen molar-refractivity contribution in [3.8, 4) is 0 Å². The molecule has 5 nitrogen and oxygen atoms in total. The van der Waals surface area contributed by atoms with Crippen LogP contribution >= 0.6 is 11.6 Å². The van der Waals surface area contributed by atoms with Gasteiger partial charge in [0.15, 0.2) is 0 Å². The Morgan fingerprint density at radius 3 is 2.96 bits per heavy atom. The highest BCUT2D eigenvalue weighted by Crippen LogP contribution is 2.19. The number of nitrogens with one attached hydrogen (secondary N) is 3. The quantitative estimate of drug-likeness (QED) is 0.489. The molecule has 1 aromatic heterocycles. The lowest BCUT2D eigenvalue weighted by atomic mass is 10.2. The number of nitrogens with zero attached hydrogens (tertiary/aromatic N) is 1. The molecule has 0 saturated heterocycles. The van der Waals surface area contributed by atoms with Gasteiger partial charge in [0.2, 0.25) is 0 Å². The molecule has 6 heteroatoms. The number of amides is 1. The van der Waals surface area contributed by atoms with Gasteiger partial charge < -0.3 is 10.3 Å². The molecule has 0 aliphatic carbocycles. The van der Waals surface area contributed by atoms with Gasteiger partial charge in [-0.2, -0.15) is 5.10 Å². The standard InChI is InChI=1S/C18H17ClN4O/c1-12-8-14(19)6-7-16(12)21-11-18(24)23-22-10-13-9-20-17-5-3-2-4-15(13)17/h2-10,20-21H,11H2,1H3,(H,23,24)/b22-10+. The maximum absolute atomic E-state index is 11.9. The average molecular weight is 341 g/mol. The van der Waals surface area contributed by atoms with Gasteiger partial charge in [-0.15, -0.1) is 0 Å². The van der Waals surface area contributed by atoms with Crippen LogP contribution in [0.5, 0.6) is 0 Å². The van der Waals surface area contributed by atoms with Crippen molar-refractivity contribution in [1.29, 1.82) is 0 Å². The van der Waals surface area contributed by atoms with E-state index >= 15 is 0 Å². The minimum Gasteiger partial charge on any atom is -0.376 e. The second-order valence-electron chi connectivity index (χ2n) is 5.40. The summed E-state index contributed by atoms with van der Waals surface area (Å²) in [7, 11) is 0. The number of hydrogen-bond acceptors (Lipinski definition) is 3. The third-order valence-electron chi connectivity index (χ3n) is 3.64. The summed E-state index contributed by atoms with van der Waals surface area (Å²) in [5.41, 5.74) is 6.33. The molecular formula is C18H17ClN4O. The van der Waals surface area contributed by atoms with Crippen LogP contribution in [0.25, 0.3) is 10.9 Å². The number of hydrazone groups is 1. The van der Waals surface area contributed by atoms with Gasteiger partial charge in [0.05, 0.1) is 12.8 Å². The fourth-order valence-electron chi connectivity index (χ4n) is 2.42. The van der Waals surface area contributed by atoms with Gasteiger partial charge >= 0.3 is 0 Å². The highest BCUT2D eigenvalue weighted by molar-refractivity contribution is 6.30. The normalized spacial score (nSPS) is 11.1. The van der Waals surface area contributed by atoms with E-state index in [2.05, 4.69) is 20.8 Å². The molecule has 0 spiro atoms. The summed E-state index contributed by atoms with van der Waals surface area (Å²) >= 11 is 5.91. The molecule has 0 saturated carbocycles. The van der Waals surface area contributed by atoms with Crippen LogP contribution in [0.2, 0.25) is 5.02 Å². The molecule has 0 aliphatic rings. The van der Waals surface area contributed by atoms with Crippen LogP contribution in [-0.4, -0.2) is 23.7 Å². The number of para-hydroxylation sites is 1. The Labute approximate surface area is 144 Å². The molecule has 0 atom stereocenters. The second-order valence-corrected chi connectivity index (χ2v) is 5.83. The van der Waals surface area contributed by atoms with Gasteiger partial charge in [-0.3, -0.25) is 4.79 Å². The van der Waals surface area contributed by atoms with Crippen LogP contribution in [0.1, 0.15) is 11.1 Å². The summed E-state index contributed by atoms with van der Waals surface area (Å²) in [5, 5.41) is 8.80. The highest BCUT2D eigenvalue weighted by Gasteiger charge is 2.03. The SMILES string of the molecule is Cc1cc(Cl)ccc1NCC(=O)N/N=C/c1c[nH]c2ccccc12. The number of aromatic amines is 1. The number of fused-ring (bicyclic) bond motifs is 1. The summed E-state index contributed by atoms with van der Waals surface area (Å²) in [4.78, 5) is 15.0. The molecule has 3 N–H and O–H groups in total. The third-order valence-corrected chi connectivity index (χ3v) is 3.88. The molecule has 0 aliphatic heterocycles. The number of halogens is 1. The van der Waals surface area contributed by atoms with Crippen LogP contribution in [0.3, 0.4) is 0 Å². The largest absolute Gasteiger partial charge is 0.376 e. The fourth-order valence-corrected chi connectivity index (χ4v) is 2.64. The average Bonchev–Trinajstić information content (AvgIpc) is 2.97. The van der Waals surface area contributed by atoms with Crippen molar-refractivity contribution in [3.63, 3.8) is 0 Å². The first-order chi connectivity index (χ1) is 11.6. The lowest BCUT2D eigenvalue weighted by Crippen LogP contribution is -2.26. The molecule has 122 valence electrons. The molecule has 0 radical (unpaired) electrons. The van der Waals surface area contributed by atoms with Crippen LogP contribution in [0.4, 0.5) is 5.69 Å². The number of hydrogen-bond donors (Lipinski definition) is 3. The van der Waals surface area contributed by atoms with Crippen LogP contribution < -0.4 is 10.7 Å². The minimum atomic E-state index is -0.222. The Morgan fingerprint density at radius 2 is 2.12 bits per heavy atom. The first-order valence-corrected chi connectivity index (χ1v) is 7.89. The number of carbonyl (C=O) groups excluding carboxylic acids is 1. The molecule has 0 fully saturated rings. The molecule has 1 amide bonds. The number of benzene rings is 2. The van der Waals surface area contributed by atoms with E-state index in [4.69, 9.17) is 11.6 Å². The number of H-pyrrole nitrogens is 1. The smallest absolute Gasteiger partial charge is 0.259 e. The van der Waals surface area contributed by atoms with Crippen molar-refractivity contribution in [3.05, 3.63) is 64.8 Å². The predicted molar refractivity (Wildman–Crippen MR) is 98.7 cm³/mol. The first-order valence-electron chi connectivity index (χ1n) is 7.51. The number of rotatable bonds is 5. The Hall–Kier alpha value is -2.79. The van der Waals surface area contributed by atoms with E-state index in [1.807, 2.05) is 49.5 Å². The van der Waals surface area contributed by atoms with Crippen molar-refractivity contribution < 1.29 is 4.79 Å². The summed E-state index contributed by atoms with van der Waals surface area (Å²) in [6.45, 7) is 2.06. The molecular weight excluding hydrogens is 324 g/mol. The Kier molecular flexibility index (Phi) is 4.82. The Morgan fingerprint density at radius 1 is 1.29 bits per heavy atom. The predicted octanol–water partition coefficient (Wildman–Crippen LogP) is 3.69. The van der Waals surface area contributed by atoms with E-state index in [1.54, 1.807) is 12.3 Å². The minimum absolute atomic E-state index is 0.133. The fraction of sp³-hybridized carbons (Fsp3) is 0.111. The van der Waals surface area contributed by atoms with E-state index in [0.29, 0.717) is 5.02 Å². The van der Waals surface area contributed by atoms with E-state index in [1.165, 1.54) is 0 Å². The van der Waals surface area contributed by atoms with Gasteiger partial charge in [0.1, 0.15) is 0 Å². The summed E-state index contributed by atoms with van der Waals surface area (Å²) in [6.07, 6.45) is 3.49. The maximum Gasteiger partial charge on any atom is 0.259 e. The zero-order valence-electron chi connectivity index (χ0n) is 13.1. The van der Waals surface area contributed by atoms with Crippen LogP contribution in [-0.2, 0) is 4.79 Å². The van der Waals surface area contributed by atoms with E-state index in [0.717, 1.165) is 27.7 Å². The summed E-state index contributed by atoms with van der Waals surface area (Å²) in [5.74, 6) is -0.222. The number of carbonyl (C=O) groups is 1. The van der Waals surface area contributed by atoms with Crippen LogP contribution in [0.15, 0.2) is 53.8 Å². The third kappa shape index (κ3) is 3.75. The number of aromatic nitrogens is 1. The van der Waals surface area contributed by atoms with Gasteiger partial charge in [-0.25, -0.2) is 5.43 Å². The Bertz CT molecular complexity index is 901. The molecule has 3 aromatic rings. The lowest BCUT2D eigenvalue weighted by Gasteiger charge is -2.08. The molecule has 24 heavy (non-hydrogen) atoms. The Balaban J connectivity index is 1.55. The van der Waals surface area contributed by atoms with Gasteiger partial charge in [0.25, 0.3) is 5.91 Å². The molecule has 1 heterocycles. The lowest BCUT2D eigenvalue weighted by molar-refractivity contribution is -0.119. The van der Waals surface area contributed by atoms with Crippen molar-refractivity contribution in [2.45, 2.75) is 6.92 Å². The van der Waals surface area contributed by atoms with Crippen LogP contribution in [0, 0.1) is 6.92 Å². The summed E-state index contributed by atoms with van der Waals surface area (Å²) < 4.78 is 0. The molecule has 0 bridgehead atoms. The molecule has 0 unspecified atom stereocenters. The maximum atomic E-state index is 11.9. The highest BCUT2D eigenvalue weighted by atomic mass is 35.5. The van der Waals surface area contributed by atoms with Gasteiger partial charge in [-0.05, 0) is 36.8 Å². The second kappa shape index (κ2) is 7.19. The first kappa shape index (κ1) is 16.1. The van der Waals surface area contributed by atoms with Crippen molar-refractivity contribution in [2.24, 2.45) is 5.10 Å². The summed E-state index contributed by atoms with van der Waals surface area (Å²) in [6, 6.07) is 13.4. The zero-order chi connectivity index (χ0) is 16.9. The van der Waals surface area contributed by atoms with Crippen molar-refractivity contribution in [1.82, 2.24) is 10.4 Å². The topological polar surface area (TPSA) is 69.3 Å². The number of anilines is 1. The van der Waals surface area contributed by atoms with Crippen molar-refractivity contribution in [2.75, 3.05) is 11.9 Å². The number of aryl methyl sites for hydroxylation is 1. The van der Waals surface area contributed by atoms with E-state index in [9.17, 15) is 4.79 Å². The van der Waals surface area contributed by atoms with E-state index < -0.39 is 0 Å². The van der Waals surface area contributed by atoms with Gasteiger partial charge in [0, 0.05) is 33.4 Å².